The largest absolute Gasteiger partial charge is 0.146 e. The Kier molecular flexibility index (Phi) is 3.35. The van der Waals surface area contributed by atoms with Crippen LogP contribution in [-0.2, 0) is 0 Å². The highest BCUT2D eigenvalue weighted by Gasteiger charge is 2.51. The first-order valence-corrected chi connectivity index (χ1v) is 9.97. The van der Waals surface area contributed by atoms with Crippen LogP contribution in [0.5, 0.6) is 0 Å². The van der Waals surface area contributed by atoms with Gasteiger partial charge >= 0.3 is 0 Å². The van der Waals surface area contributed by atoms with Crippen molar-refractivity contribution in [3.8, 4) is 0 Å². The Morgan fingerprint density at radius 1 is 1.15 bits per heavy atom. The molecular formula is C18H25BrS. The molecule has 1 aromatic heterocycles. The fourth-order valence-electron chi connectivity index (χ4n) is 5.99. The fraction of sp³-hybridized carbons (Fsp3) is 0.778. The Hall–Kier alpha value is 0.180. The van der Waals surface area contributed by atoms with Crippen molar-refractivity contribution < 1.29 is 0 Å². The lowest BCUT2D eigenvalue weighted by atomic mass is 9.48. The van der Waals surface area contributed by atoms with Crippen molar-refractivity contribution in [1.82, 2.24) is 0 Å². The van der Waals surface area contributed by atoms with E-state index in [9.17, 15) is 0 Å². The first-order chi connectivity index (χ1) is 9.53. The summed E-state index contributed by atoms with van der Waals surface area (Å²) >= 11 is 6.01. The molecule has 1 unspecified atom stereocenters. The minimum absolute atomic E-state index is 0.587. The number of halogens is 1. The summed E-state index contributed by atoms with van der Waals surface area (Å²) in [6.45, 7) is 4.53. The van der Waals surface area contributed by atoms with Gasteiger partial charge in [0.25, 0.3) is 0 Å². The molecule has 0 aromatic carbocycles. The zero-order valence-electron chi connectivity index (χ0n) is 12.6. The van der Waals surface area contributed by atoms with Gasteiger partial charge in [0.15, 0.2) is 0 Å². The molecule has 4 aliphatic carbocycles. The molecule has 0 spiro atoms. The standard InChI is InChI=1S/C18H25BrS/c1-11-3-16(12(2)20-11)17(19)10-18-7-13-4-14(8-18)6-15(5-13)9-18/h3,13-15,17H,4-10H2,1-2H3. The fourth-order valence-corrected chi connectivity index (χ4v) is 8.29. The Bertz CT molecular complexity index is 480. The number of hydrogen-bond donors (Lipinski definition) is 0. The van der Waals surface area contributed by atoms with Crippen LogP contribution in [0, 0.1) is 37.0 Å². The van der Waals surface area contributed by atoms with E-state index < -0.39 is 0 Å². The Balaban J connectivity index is 1.55. The predicted octanol–water partition coefficient (Wildman–Crippen LogP) is 6.41. The Morgan fingerprint density at radius 3 is 2.15 bits per heavy atom. The monoisotopic (exact) mass is 352 g/mol. The minimum atomic E-state index is 0.587. The third kappa shape index (κ3) is 2.31. The van der Waals surface area contributed by atoms with Crippen molar-refractivity contribution in [2.75, 3.05) is 0 Å². The SMILES string of the molecule is Cc1cc(C(Br)CC23CC4CC(CC(C4)C2)C3)c(C)s1. The van der Waals surface area contributed by atoms with Crippen molar-refractivity contribution in [1.29, 1.82) is 0 Å². The van der Waals surface area contributed by atoms with Crippen LogP contribution in [0.15, 0.2) is 6.07 Å². The number of thiophene rings is 1. The molecule has 4 bridgehead atoms. The summed E-state index contributed by atoms with van der Waals surface area (Å²) in [5, 5.41) is 0. The van der Waals surface area contributed by atoms with Crippen LogP contribution in [0.3, 0.4) is 0 Å². The maximum Gasteiger partial charge on any atom is 0.0411 e. The van der Waals surface area contributed by atoms with Gasteiger partial charge in [-0.05, 0) is 93.6 Å². The van der Waals surface area contributed by atoms with Crippen LogP contribution >= 0.6 is 27.3 Å². The van der Waals surface area contributed by atoms with E-state index in [4.69, 9.17) is 0 Å². The molecule has 20 heavy (non-hydrogen) atoms. The van der Waals surface area contributed by atoms with Crippen LogP contribution in [0.4, 0.5) is 0 Å². The van der Waals surface area contributed by atoms with E-state index in [1.807, 2.05) is 11.3 Å². The van der Waals surface area contributed by atoms with E-state index in [-0.39, 0.29) is 0 Å². The molecule has 4 saturated carbocycles. The second-order valence-corrected chi connectivity index (χ2v) is 10.5. The van der Waals surface area contributed by atoms with Gasteiger partial charge in [0.2, 0.25) is 0 Å². The van der Waals surface area contributed by atoms with E-state index in [2.05, 4.69) is 35.8 Å². The predicted molar refractivity (Wildman–Crippen MR) is 90.7 cm³/mol. The number of rotatable bonds is 3. The quantitative estimate of drug-likeness (QED) is 0.551. The average molecular weight is 353 g/mol. The van der Waals surface area contributed by atoms with E-state index in [0.29, 0.717) is 10.2 Å². The molecule has 4 fully saturated rings. The smallest absolute Gasteiger partial charge is 0.0411 e. The number of aryl methyl sites for hydroxylation is 2. The van der Waals surface area contributed by atoms with Crippen LogP contribution in [0.1, 0.15) is 65.1 Å². The minimum Gasteiger partial charge on any atom is -0.146 e. The van der Waals surface area contributed by atoms with Gasteiger partial charge in [-0.1, -0.05) is 15.9 Å². The van der Waals surface area contributed by atoms with Gasteiger partial charge in [0, 0.05) is 14.6 Å². The topological polar surface area (TPSA) is 0 Å². The van der Waals surface area contributed by atoms with Crippen molar-refractivity contribution >= 4 is 27.3 Å². The molecule has 1 atom stereocenters. The highest BCUT2D eigenvalue weighted by molar-refractivity contribution is 9.09. The third-order valence-electron chi connectivity index (χ3n) is 6.19. The summed E-state index contributed by atoms with van der Waals surface area (Å²) in [5.74, 6) is 3.23. The van der Waals surface area contributed by atoms with Crippen LogP contribution in [-0.4, -0.2) is 0 Å². The van der Waals surface area contributed by atoms with Gasteiger partial charge in [0.1, 0.15) is 0 Å². The second-order valence-electron chi connectivity index (χ2n) is 7.96. The molecule has 0 nitrogen and oxygen atoms in total. The van der Waals surface area contributed by atoms with Gasteiger partial charge in [-0.15, -0.1) is 11.3 Å². The summed E-state index contributed by atoms with van der Waals surface area (Å²) in [7, 11) is 0. The zero-order valence-corrected chi connectivity index (χ0v) is 15.0. The van der Waals surface area contributed by atoms with Gasteiger partial charge in [0.05, 0.1) is 0 Å². The third-order valence-corrected chi connectivity index (χ3v) is 7.99. The Labute approximate surface area is 135 Å². The normalized spacial score (nSPS) is 40.2. The molecule has 0 amide bonds. The first-order valence-electron chi connectivity index (χ1n) is 8.24. The van der Waals surface area contributed by atoms with E-state index in [1.54, 1.807) is 24.8 Å². The molecule has 1 heterocycles. The molecule has 0 aliphatic heterocycles. The number of hydrogen-bond acceptors (Lipinski definition) is 1. The van der Waals surface area contributed by atoms with E-state index in [0.717, 1.165) is 17.8 Å². The number of alkyl halides is 1. The molecule has 2 heteroatoms. The molecule has 1 aromatic rings. The van der Waals surface area contributed by atoms with E-state index in [1.165, 1.54) is 35.4 Å². The average Bonchev–Trinajstić information content (AvgIpc) is 2.66. The summed E-state index contributed by atoms with van der Waals surface area (Å²) in [5.41, 5.74) is 2.26. The summed E-state index contributed by atoms with van der Waals surface area (Å²) in [4.78, 5) is 3.57. The second kappa shape index (κ2) is 4.84. The van der Waals surface area contributed by atoms with Crippen molar-refractivity contribution in [3.63, 3.8) is 0 Å². The summed E-state index contributed by atoms with van der Waals surface area (Å²) < 4.78 is 0. The van der Waals surface area contributed by atoms with Crippen molar-refractivity contribution in [2.45, 2.75) is 63.6 Å². The lowest BCUT2D eigenvalue weighted by molar-refractivity contribution is -0.0571. The summed E-state index contributed by atoms with van der Waals surface area (Å²) in [6, 6.07) is 2.42. The lowest BCUT2D eigenvalue weighted by Gasteiger charge is -2.57. The molecule has 110 valence electrons. The lowest BCUT2D eigenvalue weighted by Crippen LogP contribution is -2.46. The Morgan fingerprint density at radius 2 is 1.70 bits per heavy atom. The molecule has 0 N–H and O–H groups in total. The highest BCUT2D eigenvalue weighted by atomic mass is 79.9. The maximum absolute atomic E-state index is 4.05. The van der Waals surface area contributed by atoms with Crippen molar-refractivity contribution in [2.24, 2.45) is 23.2 Å². The highest BCUT2D eigenvalue weighted by Crippen LogP contribution is 2.63. The van der Waals surface area contributed by atoms with E-state index >= 15 is 0 Å². The van der Waals surface area contributed by atoms with Gasteiger partial charge in [-0.3, -0.25) is 0 Å². The van der Waals surface area contributed by atoms with Gasteiger partial charge in [-0.2, -0.15) is 0 Å². The summed E-state index contributed by atoms with van der Waals surface area (Å²) in [6.07, 6.45) is 10.7. The van der Waals surface area contributed by atoms with Crippen LogP contribution in [0.25, 0.3) is 0 Å². The first kappa shape index (κ1) is 13.8. The molecular weight excluding hydrogens is 328 g/mol. The van der Waals surface area contributed by atoms with Gasteiger partial charge < -0.3 is 0 Å². The molecule has 4 aliphatic rings. The zero-order chi connectivity index (χ0) is 13.9. The van der Waals surface area contributed by atoms with Crippen LogP contribution < -0.4 is 0 Å². The van der Waals surface area contributed by atoms with Crippen LogP contribution in [0.2, 0.25) is 0 Å². The van der Waals surface area contributed by atoms with Gasteiger partial charge in [-0.25, -0.2) is 0 Å². The maximum atomic E-state index is 4.05. The molecule has 5 rings (SSSR count). The molecule has 0 radical (unpaired) electrons. The van der Waals surface area contributed by atoms with Crippen molar-refractivity contribution in [3.05, 3.63) is 21.4 Å². The molecule has 0 saturated heterocycles.